The van der Waals surface area contributed by atoms with Crippen LogP contribution in [0.1, 0.15) is 11.1 Å². The molecule has 0 radical (unpaired) electrons. The van der Waals surface area contributed by atoms with E-state index in [-0.39, 0.29) is 0 Å². The largest absolute Gasteiger partial charge is 0.231 e. The molecule has 0 saturated heterocycles. The summed E-state index contributed by atoms with van der Waals surface area (Å²) in [5, 5.41) is 6.10. The fourth-order valence-electron chi connectivity index (χ4n) is 3.17. The zero-order chi connectivity index (χ0) is 19.0. The van der Waals surface area contributed by atoms with Crippen molar-refractivity contribution < 1.29 is 0 Å². The van der Waals surface area contributed by atoms with Crippen molar-refractivity contribution in [1.82, 2.24) is 9.78 Å². The average molecular weight is 393 g/mol. The second-order valence-corrected chi connectivity index (χ2v) is 7.50. The molecule has 0 atom stereocenters. The topological polar surface area (TPSA) is 17.8 Å². The van der Waals surface area contributed by atoms with Crippen LogP contribution in [0.15, 0.2) is 72.8 Å². The van der Waals surface area contributed by atoms with Crippen LogP contribution in [-0.2, 0) is 0 Å². The maximum Gasteiger partial charge on any atom is 0.0934 e. The highest BCUT2D eigenvalue weighted by atomic mass is 35.5. The third-order valence-corrected chi connectivity index (χ3v) is 5.03. The van der Waals surface area contributed by atoms with Gasteiger partial charge in [-0.05, 0) is 50.2 Å². The molecule has 3 aromatic carbocycles. The molecule has 0 amide bonds. The van der Waals surface area contributed by atoms with E-state index in [0.29, 0.717) is 10.0 Å². The smallest absolute Gasteiger partial charge is 0.0934 e. The molecule has 27 heavy (non-hydrogen) atoms. The Kier molecular flexibility index (Phi) is 4.77. The van der Waals surface area contributed by atoms with Gasteiger partial charge in [0.2, 0.25) is 0 Å². The van der Waals surface area contributed by atoms with Gasteiger partial charge in [0.05, 0.1) is 22.1 Å². The third kappa shape index (κ3) is 3.64. The fourth-order valence-corrected chi connectivity index (χ4v) is 3.53. The van der Waals surface area contributed by atoms with Crippen LogP contribution >= 0.6 is 23.2 Å². The van der Waals surface area contributed by atoms with E-state index in [4.69, 9.17) is 28.3 Å². The Morgan fingerprint density at radius 3 is 2.11 bits per heavy atom. The van der Waals surface area contributed by atoms with E-state index in [0.717, 1.165) is 28.2 Å². The van der Waals surface area contributed by atoms with Crippen molar-refractivity contribution in [2.24, 2.45) is 0 Å². The Morgan fingerprint density at radius 1 is 0.741 bits per heavy atom. The molecule has 2 nitrogen and oxygen atoms in total. The predicted octanol–water partition coefficient (Wildman–Crippen LogP) is 7.13. The number of aryl methyl sites for hydroxylation is 2. The minimum absolute atomic E-state index is 0.604. The minimum atomic E-state index is 0.604. The summed E-state index contributed by atoms with van der Waals surface area (Å²) in [6, 6.07) is 24.2. The van der Waals surface area contributed by atoms with E-state index >= 15 is 0 Å². The molecule has 0 N–H and O–H groups in total. The highest BCUT2D eigenvalue weighted by Gasteiger charge is 2.16. The van der Waals surface area contributed by atoms with Gasteiger partial charge < -0.3 is 0 Å². The van der Waals surface area contributed by atoms with Crippen LogP contribution < -0.4 is 0 Å². The molecular formula is C23H18Cl2N2. The molecule has 4 aromatic rings. The lowest BCUT2D eigenvalue weighted by Gasteiger charge is -2.10. The zero-order valence-electron chi connectivity index (χ0n) is 15.1. The van der Waals surface area contributed by atoms with Crippen LogP contribution in [0, 0.1) is 13.8 Å². The van der Waals surface area contributed by atoms with Crippen molar-refractivity contribution in [3.05, 3.63) is 94.0 Å². The minimum Gasteiger partial charge on any atom is -0.231 e. The van der Waals surface area contributed by atoms with Crippen molar-refractivity contribution in [2.45, 2.75) is 13.8 Å². The van der Waals surface area contributed by atoms with E-state index in [1.165, 1.54) is 11.1 Å². The first-order valence-corrected chi connectivity index (χ1v) is 9.46. The van der Waals surface area contributed by atoms with Gasteiger partial charge in [-0.2, -0.15) is 5.10 Å². The number of rotatable bonds is 3. The highest BCUT2D eigenvalue weighted by molar-refractivity contribution is 6.34. The summed E-state index contributed by atoms with van der Waals surface area (Å²) in [5.41, 5.74) is 7.16. The summed E-state index contributed by atoms with van der Waals surface area (Å²) >= 11 is 12.7. The lowest BCUT2D eigenvalue weighted by Crippen LogP contribution is -2.00. The van der Waals surface area contributed by atoms with Gasteiger partial charge in [0.25, 0.3) is 0 Å². The highest BCUT2D eigenvalue weighted by Crippen LogP contribution is 2.33. The first-order chi connectivity index (χ1) is 13.0. The molecule has 134 valence electrons. The molecule has 4 rings (SSSR count). The van der Waals surface area contributed by atoms with Crippen LogP contribution in [0.5, 0.6) is 0 Å². The summed E-state index contributed by atoms with van der Waals surface area (Å²) in [5.74, 6) is 0. The van der Waals surface area contributed by atoms with E-state index in [2.05, 4.69) is 56.3 Å². The first-order valence-electron chi connectivity index (χ1n) is 8.71. The second kappa shape index (κ2) is 7.22. The van der Waals surface area contributed by atoms with Gasteiger partial charge in [0.15, 0.2) is 0 Å². The Bertz CT molecular complexity index is 1130. The third-order valence-electron chi connectivity index (χ3n) is 4.47. The summed E-state index contributed by atoms with van der Waals surface area (Å²) in [6.45, 7) is 4.16. The maximum atomic E-state index is 6.48. The van der Waals surface area contributed by atoms with Crippen LogP contribution in [0.25, 0.3) is 28.2 Å². The van der Waals surface area contributed by atoms with Crippen molar-refractivity contribution in [3.63, 3.8) is 0 Å². The molecule has 0 saturated carbocycles. The molecule has 0 bridgehead atoms. The van der Waals surface area contributed by atoms with Crippen molar-refractivity contribution >= 4 is 23.2 Å². The first kappa shape index (κ1) is 17.8. The number of halogens is 2. The molecule has 0 fully saturated rings. The van der Waals surface area contributed by atoms with Crippen molar-refractivity contribution in [3.8, 4) is 28.2 Å². The molecular weight excluding hydrogens is 375 g/mol. The van der Waals surface area contributed by atoms with Crippen molar-refractivity contribution in [1.29, 1.82) is 0 Å². The molecule has 0 aliphatic heterocycles. The molecule has 1 aromatic heterocycles. The molecule has 0 unspecified atom stereocenters. The van der Waals surface area contributed by atoms with Gasteiger partial charge in [-0.1, -0.05) is 70.7 Å². The predicted molar refractivity (Wildman–Crippen MR) is 114 cm³/mol. The number of benzene rings is 3. The van der Waals surface area contributed by atoms with Gasteiger partial charge >= 0.3 is 0 Å². The molecule has 0 aliphatic carbocycles. The summed E-state index contributed by atoms with van der Waals surface area (Å²) < 4.78 is 1.88. The van der Waals surface area contributed by atoms with Crippen molar-refractivity contribution in [2.75, 3.05) is 0 Å². The standard InChI is InChI=1S/C23H18Cl2N2/c1-15-5-3-7-17(11-15)21-14-22(18-8-4-6-16(2)12-18)27(26-21)23-13-19(24)9-10-20(23)25/h3-14H,1-2H3. The molecule has 1 heterocycles. The van der Waals surface area contributed by atoms with Gasteiger partial charge in [0, 0.05) is 16.1 Å². The Balaban J connectivity index is 1.97. The monoisotopic (exact) mass is 392 g/mol. The summed E-state index contributed by atoms with van der Waals surface area (Å²) in [6.07, 6.45) is 0. The normalized spacial score (nSPS) is 11.0. The SMILES string of the molecule is Cc1cccc(-c2cc(-c3cccc(C)c3)n(-c3cc(Cl)ccc3Cl)n2)c1. The lowest BCUT2D eigenvalue weighted by molar-refractivity contribution is 0.892. The van der Waals surface area contributed by atoms with Gasteiger partial charge in [-0.15, -0.1) is 0 Å². The average Bonchev–Trinajstić information content (AvgIpc) is 3.09. The quantitative estimate of drug-likeness (QED) is 0.362. The lowest BCUT2D eigenvalue weighted by atomic mass is 10.1. The second-order valence-electron chi connectivity index (χ2n) is 6.66. The summed E-state index contributed by atoms with van der Waals surface area (Å²) in [4.78, 5) is 0. The van der Waals surface area contributed by atoms with E-state index in [1.54, 1.807) is 12.1 Å². The number of hydrogen-bond acceptors (Lipinski definition) is 1. The number of aromatic nitrogens is 2. The Hall–Kier alpha value is -2.55. The van der Waals surface area contributed by atoms with Crippen LogP contribution in [0.3, 0.4) is 0 Å². The molecule has 0 spiro atoms. The summed E-state index contributed by atoms with van der Waals surface area (Å²) in [7, 11) is 0. The van der Waals surface area contributed by atoms with Crippen LogP contribution in [0.4, 0.5) is 0 Å². The number of hydrogen-bond donors (Lipinski definition) is 0. The van der Waals surface area contributed by atoms with Crippen LogP contribution in [0.2, 0.25) is 10.0 Å². The molecule has 4 heteroatoms. The Labute approximate surface area is 169 Å². The Morgan fingerprint density at radius 2 is 1.41 bits per heavy atom. The van der Waals surface area contributed by atoms with Gasteiger partial charge in [0.1, 0.15) is 0 Å². The fraction of sp³-hybridized carbons (Fsp3) is 0.0870. The van der Waals surface area contributed by atoms with Gasteiger partial charge in [-0.3, -0.25) is 0 Å². The van der Waals surface area contributed by atoms with E-state index < -0.39 is 0 Å². The number of nitrogens with zero attached hydrogens (tertiary/aromatic N) is 2. The van der Waals surface area contributed by atoms with E-state index in [1.807, 2.05) is 22.9 Å². The maximum absolute atomic E-state index is 6.48. The van der Waals surface area contributed by atoms with Gasteiger partial charge in [-0.25, -0.2) is 4.68 Å². The zero-order valence-corrected chi connectivity index (χ0v) is 16.6. The van der Waals surface area contributed by atoms with Crippen LogP contribution in [-0.4, -0.2) is 9.78 Å². The molecule has 0 aliphatic rings. The van der Waals surface area contributed by atoms with E-state index in [9.17, 15) is 0 Å².